The van der Waals surface area contributed by atoms with E-state index in [1.54, 1.807) is 0 Å². The van der Waals surface area contributed by atoms with Gasteiger partial charge in [-0.25, -0.2) is 9.97 Å². The van der Waals surface area contributed by atoms with Gasteiger partial charge in [-0.15, -0.1) is 0 Å². The van der Waals surface area contributed by atoms with Crippen LogP contribution in [0.5, 0.6) is 0 Å². The third-order valence-corrected chi connectivity index (χ3v) is 5.12. The zero-order valence-electron chi connectivity index (χ0n) is 9.01. The molecule has 90 valence electrons. The summed E-state index contributed by atoms with van der Waals surface area (Å²) in [5, 5.41) is 3.04. The van der Waals surface area contributed by atoms with Crippen molar-refractivity contribution in [1.29, 1.82) is 0 Å². The first-order chi connectivity index (χ1) is 8.02. The second-order valence-corrected chi connectivity index (χ2v) is 5.93. The molecule has 0 amide bonds. The van der Waals surface area contributed by atoms with Crippen molar-refractivity contribution in [2.75, 3.05) is 12.4 Å². The Morgan fingerprint density at radius 2 is 2.06 bits per heavy atom. The summed E-state index contributed by atoms with van der Waals surface area (Å²) in [5.41, 5.74) is 0.920. The van der Waals surface area contributed by atoms with Crippen molar-refractivity contribution >= 4 is 60.3 Å². The van der Waals surface area contributed by atoms with Crippen LogP contribution in [-0.4, -0.2) is 17.0 Å². The topological polar surface area (TPSA) is 51.0 Å². The van der Waals surface area contributed by atoms with Crippen molar-refractivity contribution < 1.29 is 4.42 Å². The Kier molecular flexibility index (Phi) is 4.09. The van der Waals surface area contributed by atoms with Crippen molar-refractivity contribution in [3.8, 4) is 11.6 Å². The van der Waals surface area contributed by atoms with Gasteiger partial charge in [0.2, 0.25) is 0 Å². The molecule has 2 aromatic rings. The third-order valence-electron chi connectivity index (χ3n) is 2.12. The molecule has 0 aliphatic heterocycles. The number of nitrogens with zero attached hydrogens (tertiary/aromatic N) is 2. The van der Waals surface area contributed by atoms with E-state index in [9.17, 15) is 0 Å². The summed E-state index contributed by atoms with van der Waals surface area (Å²) in [4.78, 5) is 8.82. The van der Waals surface area contributed by atoms with Crippen LogP contribution < -0.4 is 5.32 Å². The molecule has 0 radical (unpaired) electrons. The fraction of sp³-hybridized carbons (Fsp3) is 0.200. The second kappa shape index (κ2) is 5.23. The monoisotopic (exact) mass is 471 g/mol. The smallest absolute Gasteiger partial charge is 0.198 e. The summed E-state index contributed by atoms with van der Waals surface area (Å²) < 4.78 is 8.00. The van der Waals surface area contributed by atoms with Crippen molar-refractivity contribution in [1.82, 2.24) is 9.97 Å². The zero-order chi connectivity index (χ0) is 12.6. The lowest BCUT2D eigenvalue weighted by atomic mass is 10.3. The molecule has 4 nitrogen and oxygen atoms in total. The quantitative estimate of drug-likeness (QED) is 0.665. The van der Waals surface area contributed by atoms with Crippen LogP contribution in [0.2, 0.25) is 0 Å². The number of hydrogen-bond donors (Lipinski definition) is 1. The van der Waals surface area contributed by atoms with Gasteiger partial charge in [-0.1, -0.05) is 0 Å². The number of furan rings is 1. The van der Waals surface area contributed by atoms with E-state index in [2.05, 4.69) is 69.7 Å². The highest BCUT2D eigenvalue weighted by molar-refractivity contribution is 14.1. The highest BCUT2D eigenvalue weighted by Crippen LogP contribution is 2.32. The minimum Gasteiger partial charge on any atom is -0.445 e. The Labute approximate surface area is 129 Å². The van der Waals surface area contributed by atoms with E-state index in [1.165, 1.54) is 0 Å². The zero-order valence-corrected chi connectivity index (χ0v) is 14.3. The standard InChI is InChI=1S/C10H8Br2IN3O/c1-4-7(13)10(14-2)16-9(15-4)6-3-5(11)8(12)17-6/h3H,1-2H3,(H,14,15,16). The fourth-order valence-corrected chi connectivity index (χ4v) is 2.38. The van der Waals surface area contributed by atoms with E-state index in [4.69, 9.17) is 4.42 Å². The molecule has 7 heteroatoms. The Balaban J connectivity index is 2.56. The number of nitrogens with one attached hydrogen (secondary N) is 1. The van der Waals surface area contributed by atoms with Crippen LogP contribution in [0.3, 0.4) is 0 Å². The number of anilines is 1. The lowest BCUT2D eigenvalue weighted by molar-refractivity contribution is 0.549. The first-order valence-corrected chi connectivity index (χ1v) is 7.36. The molecular weight excluding hydrogens is 465 g/mol. The molecule has 0 bridgehead atoms. The Bertz CT molecular complexity index is 551. The summed E-state index contributed by atoms with van der Waals surface area (Å²) in [6.45, 7) is 1.95. The molecule has 0 unspecified atom stereocenters. The Morgan fingerprint density at radius 3 is 2.59 bits per heavy atom. The summed E-state index contributed by atoms with van der Waals surface area (Å²) in [6, 6.07) is 1.84. The Morgan fingerprint density at radius 1 is 1.35 bits per heavy atom. The number of halogens is 3. The molecular formula is C10H8Br2IN3O. The molecule has 0 saturated heterocycles. The van der Waals surface area contributed by atoms with E-state index in [0.717, 1.165) is 19.6 Å². The molecule has 0 aromatic carbocycles. The third kappa shape index (κ3) is 2.65. The van der Waals surface area contributed by atoms with Gasteiger partial charge >= 0.3 is 0 Å². The molecule has 1 N–H and O–H groups in total. The number of aryl methyl sites for hydroxylation is 1. The molecule has 2 aromatic heterocycles. The van der Waals surface area contributed by atoms with Crippen LogP contribution in [0.15, 0.2) is 19.6 Å². The van der Waals surface area contributed by atoms with E-state index in [1.807, 2.05) is 20.0 Å². The first-order valence-electron chi connectivity index (χ1n) is 4.70. The number of rotatable bonds is 2. The molecule has 0 atom stereocenters. The predicted octanol–water partition coefficient (Wildman–Crippen LogP) is 4.22. The largest absolute Gasteiger partial charge is 0.445 e. The van der Waals surface area contributed by atoms with Gasteiger partial charge in [0.15, 0.2) is 16.3 Å². The minimum absolute atomic E-state index is 0.568. The van der Waals surface area contributed by atoms with E-state index < -0.39 is 0 Å². The number of aromatic nitrogens is 2. The van der Waals surface area contributed by atoms with E-state index in [0.29, 0.717) is 16.3 Å². The minimum atomic E-state index is 0.568. The second-order valence-electron chi connectivity index (χ2n) is 3.28. The van der Waals surface area contributed by atoms with Crippen molar-refractivity contribution in [3.63, 3.8) is 0 Å². The summed E-state index contributed by atoms with van der Waals surface area (Å²) in [5.74, 6) is 2.00. The molecule has 0 aliphatic carbocycles. The van der Waals surface area contributed by atoms with Crippen molar-refractivity contribution in [2.24, 2.45) is 0 Å². The van der Waals surface area contributed by atoms with Gasteiger partial charge in [-0.2, -0.15) is 0 Å². The number of hydrogen-bond acceptors (Lipinski definition) is 4. The van der Waals surface area contributed by atoms with E-state index >= 15 is 0 Å². The molecule has 2 rings (SSSR count). The van der Waals surface area contributed by atoms with Crippen LogP contribution in [0.25, 0.3) is 11.6 Å². The average molecular weight is 473 g/mol. The highest BCUT2D eigenvalue weighted by atomic mass is 127. The summed E-state index contributed by atoms with van der Waals surface area (Å²) in [6.07, 6.45) is 0. The van der Waals surface area contributed by atoms with Crippen LogP contribution >= 0.6 is 54.5 Å². The summed E-state index contributed by atoms with van der Waals surface area (Å²) in [7, 11) is 1.84. The SMILES string of the molecule is CNc1nc(-c2cc(Br)c(Br)o2)nc(C)c1I. The Hall–Kier alpha value is -0.150. The maximum Gasteiger partial charge on any atom is 0.198 e. The van der Waals surface area contributed by atoms with Gasteiger partial charge in [0.1, 0.15) is 5.82 Å². The molecule has 0 aliphatic rings. The van der Waals surface area contributed by atoms with Crippen LogP contribution in [0.4, 0.5) is 5.82 Å². The van der Waals surface area contributed by atoms with Crippen LogP contribution in [-0.2, 0) is 0 Å². The average Bonchev–Trinajstić information content (AvgIpc) is 2.63. The maximum atomic E-state index is 5.51. The van der Waals surface area contributed by atoms with Gasteiger partial charge in [0.25, 0.3) is 0 Å². The van der Waals surface area contributed by atoms with Crippen molar-refractivity contribution in [2.45, 2.75) is 6.92 Å². The lowest BCUT2D eigenvalue weighted by Gasteiger charge is -2.06. The van der Waals surface area contributed by atoms with Gasteiger partial charge < -0.3 is 9.73 Å². The fourth-order valence-electron chi connectivity index (χ4n) is 1.29. The predicted molar refractivity (Wildman–Crippen MR) is 82.1 cm³/mol. The maximum absolute atomic E-state index is 5.51. The van der Waals surface area contributed by atoms with E-state index in [-0.39, 0.29) is 0 Å². The molecule has 17 heavy (non-hydrogen) atoms. The van der Waals surface area contributed by atoms with Gasteiger partial charge in [-0.3, -0.25) is 0 Å². The lowest BCUT2D eigenvalue weighted by Crippen LogP contribution is -2.02. The van der Waals surface area contributed by atoms with Gasteiger partial charge in [0.05, 0.1) is 13.7 Å². The molecule has 0 saturated carbocycles. The van der Waals surface area contributed by atoms with Gasteiger partial charge in [0, 0.05) is 13.1 Å². The molecule has 2 heterocycles. The highest BCUT2D eigenvalue weighted by Gasteiger charge is 2.14. The normalized spacial score (nSPS) is 10.6. The first kappa shape index (κ1) is 13.3. The van der Waals surface area contributed by atoms with Crippen molar-refractivity contribution in [3.05, 3.63) is 24.5 Å². The van der Waals surface area contributed by atoms with Gasteiger partial charge in [-0.05, 0) is 61.4 Å². The van der Waals surface area contributed by atoms with Crippen LogP contribution in [0.1, 0.15) is 5.69 Å². The molecule has 0 spiro atoms. The van der Waals surface area contributed by atoms with Crippen LogP contribution in [0, 0.1) is 10.5 Å². The summed E-state index contributed by atoms with van der Waals surface area (Å²) >= 11 is 8.88. The molecule has 0 fully saturated rings.